The van der Waals surface area contributed by atoms with Gasteiger partial charge in [-0.25, -0.2) is 0 Å². The van der Waals surface area contributed by atoms with Crippen molar-refractivity contribution in [2.45, 2.75) is 40.5 Å². The maximum absolute atomic E-state index is 12.7. The van der Waals surface area contributed by atoms with Gasteiger partial charge in [0.05, 0.1) is 11.1 Å². The van der Waals surface area contributed by atoms with Crippen LogP contribution >= 0.6 is 15.9 Å². The quantitative estimate of drug-likeness (QED) is 0.459. The smallest absolute Gasteiger partial charge is 0.255 e. The van der Waals surface area contributed by atoms with Gasteiger partial charge in [-0.3, -0.25) is 9.59 Å². The zero-order valence-electron chi connectivity index (χ0n) is 18.2. The Balaban J connectivity index is 2.03. The summed E-state index contributed by atoms with van der Waals surface area (Å²) in [6.07, 6.45) is 1.85. The van der Waals surface area contributed by atoms with Crippen LogP contribution < -0.4 is 10.1 Å². The van der Waals surface area contributed by atoms with E-state index in [0.717, 1.165) is 30.4 Å². The highest BCUT2D eigenvalue weighted by Gasteiger charge is 2.15. The van der Waals surface area contributed by atoms with Crippen molar-refractivity contribution in [2.24, 2.45) is 5.92 Å². The number of ether oxygens (including phenoxy) is 1. The number of rotatable bonds is 10. The highest BCUT2D eigenvalue weighted by atomic mass is 79.9. The Labute approximate surface area is 187 Å². The fraction of sp³-hybridized carbons (Fsp3) is 0.417. The van der Waals surface area contributed by atoms with Crippen molar-refractivity contribution in [1.29, 1.82) is 0 Å². The molecule has 0 aliphatic carbocycles. The lowest BCUT2D eigenvalue weighted by atomic mass is 10.1. The first-order valence-corrected chi connectivity index (χ1v) is 11.3. The summed E-state index contributed by atoms with van der Waals surface area (Å²) in [5.41, 5.74) is 1.80. The number of amides is 2. The number of benzene rings is 2. The molecule has 5 nitrogen and oxygen atoms in total. The largest absolute Gasteiger partial charge is 0.492 e. The molecule has 0 spiro atoms. The predicted molar refractivity (Wildman–Crippen MR) is 125 cm³/mol. The van der Waals surface area contributed by atoms with Crippen LogP contribution in [0.5, 0.6) is 5.75 Å². The van der Waals surface area contributed by atoms with Gasteiger partial charge in [0.1, 0.15) is 5.75 Å². The Morgan fingerprint density at radius 3 is 2.13 bits per heavy atom. The lowest BCUT2D eigenvalue weighted by Gasteiger charge is -2.21. The van der Waals surface area contributed by atoms with E-state index in [9.17, 15) is 9.59 Å². The molecule has 2 amide bonds. The fourth-order valence-electron chi connectivity index (χ4n) is 2.95. The third-order valence-corrected chi connectivity index (χ3v) is 5.05. The second kappa shape index (κ2) is 11.7. The second-order valence-corrected chi connectivity index (χ2v) is 8.53. The molecule has 0 bridgehead atoms. The van der Waals surface area contributed by atoms with Crippen LogP contribution in [-0.4, -0.2) is 36.4 Å². The molecule has 0 atom stereocenters. The van der Waals surface area contributed by atoms with Gasteiger partial charge in [0, 0.05) is 29.9 Å². The third-order valence-electron chi connectivity index (χ3n) is 4.43. The summed E-state index contributed by atoms with van der Waals surface area (Å²) in [5.74, 6) is 0.943. The van der Waals surface area contributed by atoms with Crippen LogP contribution in [0.3, 0.4) is 0 Å². The molecule has 0 heterocycles. The van der Waals surface area contributed by atoms with E-state index >= 15 is 0 Å². The topological polar surface area (TPSA) is 58.6 Å². The number of carbonyl (C=O) groups is 2. The van der Waals surface area contributed by atoms with Gasteiger partial charge in [0.2, 0.25) is 0 Å². The van der Waals surface area contributed by atoms with Gasteiger partial charge in [0.15, 0.2) is 0 Å². The second-order valence-electron chi connectivity index (χ2n) is 7.67. The first kappa shape index (κ1) is 23.9. The molecule has 0 saturated heterocycles. The third kappa shape index (κ3) is 6.87. The van der Waals surface area contributed by atoms with E-state index in [4.69, 9.17) is 4.74 Å². The molecule has 2 rings (SSSR count). The van der Waals surface area contributed by atoms with Crippen LogP contribution in [-0.2, 0) is 0 Å². The molecule has 0 unspecified atom stereocenters. The zero-order chi connectivity index (χ0) is 22.1. The summed E-state index contributed by atoms with van der Waals surface area (Å²) >= 11 is 3.47. The number of nitrogens with one attached hydrogen (secondary N) is 1. The van der Waals surface area contributed by atoms with Crippen molar-refractivity contribution in [3.8, 4) is 5.75 Å². The fourth-order valence-corrected chi connectivity index (χ4v) is 3.45. The van der Waals surface area contributed by atoms with Crippen molar-refractivity contribution in [2.75, 3.05) is 25.0 Å². The molecule has 1 N–H and O–H groups in total. The summed E-state index contributed by atoms with van der Waals surface area (Å²) in [6, 6.07) is 12.3. The van der Waals surface area contributed by atoms with Crippen molar-refractivity contribution in [3.63, 3.8) is 0 Å². The summed E-state index contributed by atoms with van der Waals surface area (Å²) in [7, 11) is 0. The highest BCUT2D eigenvalue weighted by Crippen LogP contribution is 2.27. The summed E-state index contributed by atoms with van der Waals surface area (Å²) in [5, 5.41) is 2.88. The normalized spacial score (nSPS) is 10.7. The molecule has 162 valence electrons. The predicted octanol–water partition coefficient (Wildman–Crippen LogP) is 6.00. The lowest BCUT2D eigenvalue weighted by molar-refractivity contribution is 0.0755. The van der Waals surface area contributed by atoms with Gasteiger partial charge in [0.25, 0.3) is 11.8 Å². The zero-order valence-corrected chi connectivity index (χ0v) is 19.8. The molecule has 2 aromatic carbocycles. The van der Waals surface area contributed by atoms with Gasteiger partial charge < -0.3 is 15.0 Å². The van der Waals surface area contributed by atoms with Crippen LogP contribution in [0.4, 0.5) is 5.69 Å². The number of nitrogens with zero attached hydrogens (tertiary/aromatic N) is 1. The van der Waals surface area contributed by atoms with Crippen molar-refractivity contribution >= 4 is 33.4 Å². The maximum atomic E-state index is 12.7. The first-order chi connectivity index (χ1) is 14.3. The van der Waals surface area contributed by atoms with E-state index in [-0.39, 0.29) is 11.8 Å². The summed E-state index contributed by atoms with van der Waals surface area (Å²) in [4.78, 5) is 27.1. The Morgan fingerprint density at radius 2 is 1.60 bits per heavy atom. The molecule has 0 fully saturated rings. The minimum Gasteiger partial charge on any atom is -0.492 e. The van der Waals surface area contributed by atoms with E-state index in [1.165, 1.54) is 0 Å². The van der Waals surface area contributed by atoms with Crippen molar-refractivity contribution in [3.05, 3.63) is 58.1 Å². The molecular weight excluding hydrogens is 444 g/mol. The minimum atomic E-state index is -0.219. The van der Waals surface area contributed by atoms with Gasteiger partial charge in [-0.15, -0.1) is 0 Å². The van der Waals surface area contributed by atoms with Crippen LogP contribution in [0.2, 0.25) is 0 Å². The number of hydrogen-bond acceptors (Lipinski definition) is 3. The van der Waals surface area contributed by atoms with Crippen LogP contribution in [0.25, 0.3) is 0 Å². The molecule has 0 radical (unpaired) electrons. The van der Waals surface area contributed by atoms with Crippen LogP contribution in [0.15, 0.2) is 46.9 Å². The summed E-state index contributed by atoms with van der Waals surface area (Å²) < 4.78 is 6.47. The minimum absolute atomic E-state index is 0.0255. The molecule has 6 heteroatoms. The van der Waals surface area contributed by atoms with Crippen LogP contribution in [0.1, 0.15) is 61.3 Å². The summed E-state index contributed by atoms with van der Waals surface area (Å²) in [6.45, 7) is 10.4. The van der Waals surface area contributed by atoms with Gasteiger partial charge in [-0.2, -0.15) is 0 Å². The van der Waals surface area contributed by atoms with Gasteiger partial charge in [-0.1, -0.05) is 27.7 Å². The number of anilines is 1. The Morgan fingerprint density at radius 1 is 1.00 bits per heavy atom. The Hall–Kier alpha value is -2.34. The van der Waals surface area contributed by atoms with Crippen LogP contribution in [0, 0.1) is 5.92 Å². The average molecular weight is 475 g/mol. The molecule has 0 aliphatic rings. The molecular formula is C24H31BrN2O3. The molecule has 30 heavy (non-hydrogen) atoms. The molecule has 2 aromatic rings. The Kier molecular flexibility index (Phi) is 9.37. The number of halogens is 1. The number of carbonyl (C=O) groups excluding carboxylic acids is 2. The van der Waals surface area contributed by atoms with E-state index in [1.807, 2.05) is 4.90 Å². The maximum Gasteiger partial charge on any atom is 0.255 e. The highest BCUT2D eigenvalue weighted by molar-refractivity contribution is 9.10. The van der Waals surface area contributed by atoms with Gasteiger partial charge in [-0.05, 0) is 77.2 Å². The van der Waals surface area contributed by atoms with E-state index in [0.29, 0.717) is 35.1 Å². The molecule has 0 aliphatic heterocycles. The van der Waals surface area contributed by atoms with E-state index in [2.05, 4.69) is 48.9 Å². The Bertz CT molecular complexity index is 844. The van der Waals surface area contributed by atoms with Crippen molar-refractivity contribution < 1.29 is 14.3 Å². The standard InChI is InChI=1S/C24H31BrN2O3/c1-5-13-27(14-6-2)24(29)18-7-10-20(11-8-18)26-23(28)19-9-12-22(21(25)15-19)30-16-17(3)4/h7-12,15,17H,5-6,13-14,16H2,1-4H3,(H,26,28). The van der Waals surface area contributed by atoms with E-state index < -0.39 is 0 Å². The SMILES string of the molecule is CCCN(CCC)C(=O)c1ccc(NC(=O)c2ccc(OCC(C)C)c(Br)c2)cc1. The number of hydrogen-bond donors (Lipinski definition) is 1. The first-order valence-electron chi connectivity index (χ1n) is 10.5. The molecule has 0 aromatic heterocycles. The van der Waals surface area contributed by atoms with Gasteiger partial charge >= 0.3 is 0 Å². The monoisotopic (exact) mass is 474 g/mol. The van der Waals surface area contributed by atoms with E-state index in [1.54, 1.807) is 42.5 Å². The van der Waals surface area contributed by atoms with Crippen molar-refractivity contribution in [1.82, 2.24) is 4.90 Å². The lowest BCUT2D eigenvalue weighted by Crippen LogP contribution is -2.32. The average Bonchev–Trinajstić information content (AvgIpc) is 2.72. The molecule has 0 saturated carbocycles.